The van der Waals surface area contributed by atoms with Crippen molar-refractivity contribution >= 4 is 44.5 Å². The summed E-state index contributed by atoms with van der Waals surface area (Å²) < 4.78 is 25.7. The molecule has 2 aromatic heterocycles. The van der Waals surface area contributed by atoms with E-state index in [2.05, 4.69) is 56.8 Å². The fraction of sp³-hybridized carbons (Fsp3) is 0.231. The molecule has 174 valence electrons. The first-order valence-corrected chi connectivity index (χ1v) is 12.9. The molecule has 0 saturated carbocycles. The van der Waals surface area contributed by atoms with Gasteiger partial charge in [-0.2, -0.15) is 0 Å². The maximum absolute atomic E-state index is 12.9. The lowest BCUT2D eigenvalue weighted by Crippen LogP contribution is -2.35. The molecular weight excluding hydrogens is 446 g/mol. The molecule has 3 N–H and O–H groups in total. The van der Waals surface area contributed by atoms with Gasteiger partial charge in [0.15, 0.2) is 9.84 Å². The van der Waals surface area contributed by atoms with Gasteiger partial charge in [-0.05, 0) is 74.3 Å². The molecule has 1 aliphatic rings. The highest BCUT2D eigenvalue weighted by Crippen LogP contribution is 2.25. The number of benzene rings is 2. The highest BCUT2D eigenvalue weighted by atomic mass is 32.2. The molecule has 0 unspecified atom stereocenters. The van der Waals surface area contributed by atoms with Crippen LogP contribution in [0, 0.1) is 6.92 Å². The van der Waals surface area contributed by atoms with Crippen molar-refractivity contribution in [1.29, 1.82) is 0 Å². The average Bonchev–Trinajstić information content (AvgIpc) is 3.37. The van der Waals surface area contributed by atoms with E-state index < -0.39 is 9.84 Å². The second kappa shape index (κ2) is 9.40. The van der Waals surface area contributed by atoms with E-state index in [4.69, 9.17) is 0 Å². The minimum absolute atomic E-state index is 0.315. The van der Waals surface area contributed by atoms with E-state index in [-0.39, 0.29) is 5.25 Å². The molecule has 3 heterocycles. The number of fused-ring (bicyclic) bond motifs is 1. The van der Waals surface area contributed by atoms with Crippen LogP contribution in [-0.4, -0.2) is 41.7 Å². The fourth-order valence-electron chi connectivity index (χ4n) is 4.30. The van der Waals surface area contributed by atoms with Crippen LogP contribution >= 0.6 is 0 Å². The molecule has 2 aromatic carbocycles. The predicted molar refractivity (Wildman–Crippen MR) is 137 cm³/mol. The van der Waals surface area contributed by atoms with E-state index in [1.165, 1.54) is 10.9 Å². The number of piperidine rings is 1. The summed E-state index contributed by atoms with van der Waals surface area (Å²) in [4.78, 5) is 12.4. The van der Waals surface area contributed by atoms with Gasteiger partial charge in [0.25, 0.3) is 0 Å². The summed E-state index contributed by atoms with van der Waals surface area (Å²) in [5.41, 5.74) is 5.12. The van der Waals surface area contributed by atoms with Crippen molar-refractivity contribution in [2.75, 3.05) is 18.4 Å². The summed E-state index contributed by atoms with van der Waals surface area (Å²) in [6.45, 7) is 3.58. The molecule has 0 amide bonds. The van der Waals surface area contributed by atoms with E-state index >= 15 is 0 Å². The number of aryl methyl sites for hydroxylation is 1. The highest BCUT2D eigenvalue weighted by molar-refractivity contribution is 7.92. The molecule has 8 heteroatoms. The number of aromatic amines is 1. The number of anilines is 2. The van der Waals surface area contributed by atoms with Crippen molar-refractivity contribution in [2.24, 2.45) is 0 Å². The molecule has 1 fully saturated rings. The van der Waals surface area contributed by atoms with Gasteiger partial charge in [-0.15, -0.1) is 0 Å². The van der Waals surface area contributed by atoms with Gasteiger partial charge >= 0.3 is 0 Å². The molecule has 1 saturated heterocycles. The van der Waals surface area contributed by atoms with Crippen LogP contribution in [0.2, 0.25) is 0 Å². The Kier molecular flexibility index (Phi) is 6.17. The molecule has 7 nitrogen and oxygen atoms in total. The molecule has 0 atom stereocenters. The Labute approximate surface area is 199 Å². The Morgan fingerprint density at radius 1 is 0.971 bits per heavy atom. The normalized spacial score (nSPS) is 15.2. The lowest BCUT2D eigenvalue weighted by Gasteiger charge is -2.22. The lowest BCUT2D eigenvalue weighted by molar-refractivity contribution is 0.496. The maximum Gasteiger partial charge on any atom is 0.227 e. The first-order valence-electron chi connectivity index (χ1n) is 11.4. The Bertz CT molecular complexity index is 1420. The van der Waals surface area contributed by atoms with Crippen LogP contribution < -0.4 is 10.6 Å². The summed E-state index contributed by atoms with van der Waals surface area (Å²) >= 11 is 0. The molecular formula is C26H27N5O2S. The van der Waals surface area contributed by atoms with Crippen molar-refractivity contribution in [3.8, 4) is 0 Å². The monoisotopic (exact) mass is 473 g/mol. The Hall–Kier alpha value is -3.49. The van der Waals surface area contributed by atoms with Crippen molar-refractivity contribution < 1.29 is 8.42 Å². The largest absolute Gasteiger partial charge is 0.361 e. The average molecular weight is 474 g/mol. The molecule has 34 heavy (non-hydrogen) atoms. The van der Waals surface area contributed by atoms with Crippen LogP contribution in [0.3, 0.4) is 0 Å². The number of hydrogen-bond acceptors (Lipinski definition) is 6. The van der Waals surface area contributed by atoms with Gasteiger partial charge in [0.05, 0.1) is 10.1 Å². The second-order valence-electron chi connectivity index (χ2n) is 8.56. The van der Waals surface area contributed by atoms with Crippen LogP contribution in [0.15, 0.2) is 66.0 Å². The molecule has 0 aliphatic carbocycles. The summed E-state index contributed by atoms with van der Waals surface area (Å²) in [6.07, 6.45) is 10.8. The van der Waals surface area contributed by atoms with E-state index in [1.807, 2.05) is 12.3 Å². The lowest BCUT2D eigenvalue weighted by atomic mass is 10.1. The molecule has 4 aromatic rings. The topological polar surface area (TPSA) is 99.8 Å². The van der Waals surface area contributed by atoms with Crippen molar-refractivity contribution in [3.63, 3.8) is 0 Å². The Morgan fingerprint density at radius 3 is 2.44 bits per heavy atom. The minimum atomic E-state index is -3.31. The van der Waals surface area contributed by atoms with Gasteiger partial charge in [0.2, 0.25) is 5.95 Å². The van der Waals surface area contributed by atoms with Crippen LogP contribution in [-0.2, 0) is 9.84 Å². The molecule has 1 aliphatic heterocycles. The molecule has 5 rings (SSSR count). The van der Waals surface area contributed by atoms with Crippen molar-refractivity contribution in [1.82, 2.24) is 20.3 Å². The van der Waals surface area contributed by atoms with Gasteiger partial charge in [-0.3, -0.25) is 0 Å². The van der Waals surface area contributed by atoms with Crippen LogP contribution in [0.5, 0.6) is 0 Å². The molecule has 0 bridgehead atoms. The first-order chi connectivity index (χ1) is 16.5. The summed E-state index contributed by atoms with van der Waals surface area (Å²) in [5, 5.41) is 7.21. The summed E-state index contributed by atoms with van der Waals surface area (Å²) in [5.74, 6) is 0.453. The number of sulfone groups is 1. The maximum atomic E-state index is 12.9. The third kappa shape index (κ3) is 4.60. The van der Waals surface area contributed by atoms with E-state index in [0.717, 1.165) is 35.4 Å². The van der Waals surface area contributed by atoms with E-state index in [9.17, 15) is 8.42 Å². The van der Waals surface area contributed by atoms with Crippen molar-refractivity contribution in [2.45, 2.75) is 29.9 Å². The minimum Gasteiger partial charge on any atom is -0.361 e. The van der Waals surface area contributed by atoms with E-state index in [0.29, 0.717) is 23.7 Å². The standard InChI is InChI=1S/C26H27N5O2S/c1-18-2-4-20(24-12-15-28-25(18)24)5-3-19-16-29-26(30-17-19)31-21-6-8-22(9-7-21)34(32,33)23-10-13-27-14-11-23/h2-9,12,15-17,23,27-28H,10-11,13-14H2,1H3,(H,29,30,31)/b5-3+. The zero-order valence-corrected chi connectivity index (χ0v) is 19.8. The Morgan fingerprint density at radius 2 is 1.71 bits per heavy atom. The smallest absolute Gasteiger partial charge is 0.227 e. The first kappa shape index (κ1) is 22.3. The Balaban J connectivity index is 1.26. The number of aromatic nitrogens is 3. The van der Waals surface area contributed by atoms with Gasteiger partial charge in [0, 0.05) is 40.7 Å². The number of H-pyrrole nitrogens is 1. The summed E-state index contributed by atoms with van der Waals surface area (Å²) in [7, 11) is -3.31. The quantitative estimate of drug-likeness (QED) is 0.375. The van der Waals surface area contributed by atoms with E-state index in [1.54, 1.807) is 36.7 Å². The number of rotatable bonds is 6. The van der Waals surface area contributed by atoms with Crippen molar-refractivity contribution in [3.05, 3.63) is 77.7 Å². The van der Waals surface area contributed by atoms with Gasteiger partial charge < -0.3 is 15.6 Å². The molecule has 0 radical (unpaired) electrons. The third-order valence-corrected chi connectivity index (χ3v) is 8.53. The van der Waals surface area contributed by atoms with Gasteiger partial charge in [0.1, 0.15) is 0 Å². The third-order valence-electron chi connectivity index (χ3n) is 6.26. The fourth-order valence-corrected chi connectivity index (χ4v) is 6.06. The number of nitrogens with one attached hydrogen (secondary N) is 3. The van der Waals surface area contributed by atoms with Gasteiger partial charge in [-0.1, -0.05) is 24.3 Å². The zero-order valence-electron chi connectivity index (χ0n) is 19.0. The number of hydrogen-bond donors (Lipinski definition) is 3. The second-order valence-corrected chi connectivity index (χ2v) is 10.8. The van der Waals surface area contributed by atoms with Crippen LogP contribution in [0.1, 0.15) is 29.5 Å². The molecule has 0 spiro atoms. The van der Waals surface area contributed by atoms with Crippen LogP contribution in [0.4, 0.5) is 11.6 Å². The zero-order chi connectivity index (χ0) is 23.5. The summed E-state index contributed by atoms with van der Waals surface area (Å²) in [6, 6.07) is 13.1. The number of nitrogens with zero attached hydrogens (tertiary/aromatic N) is 2. The highest BCUT2D eigenvalue weighted by Gasteiger charge is 2.28. The predicted octanol–water partition coefficient (Wildman–Crippen LogP) is 4.71. The van der Waals surface area contributed by atoms with Crippen LogP contribution in [0.25, 0.3) is 23.1 Å². The van der Waals surface area contributed by atoms with Gasteiger partial charge in [-0.25, -0.2) is 18.4 Å². The SMILES string of the molecule is Cc1ccc(/C=C/c2cnc(Nc3ccc(S(=O)(=O)C4CCNCC4)cc3)nc2)c2cc[nH]c12.